The predicted molar refractivity (Wildman–Crippen MR) is 64.6 cm³/mol. The van der Waals surface area contributed by atoms with Gasteiger partial charge in [-0.25, -0.2) is 13.4 Å². The first kappa shape index (κ1) is 11.2. The number of rotatable bonds is 2. The van der Waals surface area contributed by atoms with Crippen molar-refractivity contribution in [2.75, 3.05) is 18.1 Å². The summed E-state index contributed by atoms with van der Waals surface area (Å²) < 4.78 is 22.9. The van der Waals surface area contributed by atoms with Crippen LogP contribution < -0.4 is 5.32 Å². The highest BCUT2D eigenvalue weighted by Gasteiger charge is 2.30. The van der Waals surface area contributed by atoms with Crippen LogP contribution in [0.1, 0.15) is 42.7 Å². The van der Waals surface area contributed by atoms with Gasteiger partial charge in [0.25, 0.3) is 0 Å². The lowest BCUT2D eigenvalue weighted by molar-refractivity contribution is 0.600. The van der Waals surface area contributed by atoms with Crippen LogP contribution in [-0.4, -0.2) is 36.4 Å². The molecule has 17 heavy (non-hydrogen) atoms. The summed E-state index contributed by atoms with van der Waals surface area (Å²) in [4.78, 5) is 7.67. The number of nitrogens with zero attached hydrogens (tertiary/aromatic N) is 1. The van der Waals surface area contributed by atoms with Gasteiger partial charge in [-0.15, -0.1) is 0 Å². The van der Waals surface area contributed by atoms with E-state index in [0.717, 1.165) is 30.9 Å². The monoisotopic (exact) mass is 255 g/mol. The molecule has 2 fully saturated rings. The lowest BCUT2D eigenvalue weighted by Gasteiger charge is -2.07. The van der Waals surface area contributed by atoms with Crippen molar-refractivity contribution in [1.82, 2.24) is 15.3 Å². The van der Waals surface area contributed by atoms with Crippen molar-refractivity contribution in [3.05, 3.63) is 17.7 Å². The molecule has 0 radical (unpaired) electrons. The zero-order valence-corrected chi connectivity index (χ0v) is 10.5. The molecule has 3 heterocycles. The largest absolute Gasteiger partial charge is 0.344 e. The number of aromatic nitrogens is 2. The van der Waals surface area contributed by atoms with Crippen LogP contribution >= 0.6 is 0 Å². The Hall–Kier alpha value is -0.880. The van der Waals surface area contributed by atoms with Gasteiger partial charge in [0.2, 0.25) is 0 Å². The molecule has 2 aliphatic heterocycles. The van der Waals surface area contributed by atoms with Gasteiger partial charge < -0.3 is 10.3 Å². The number of imidazole rings is 1. The molecule has 5 nitrogen and oxygen atoms in total. The number of nitrogens with one attached hydrogen (secondary N) is 2. The lowest BCUT2D eigenvalue weighted by atomic mass is 10.1. The fourth-order valence-electron chi connectivity index (χ4n) is 2.69. The molecule has 2 unspecified atom stereocenters. The van der Waals surface area contributed by atoms with Crippen LogP contribution in [0, 0.1) is 0 Å². The smallest absolute Gasteiger partial charge is 0.151 e. The maximum Gasteiger partial charge on any atom is 0.151 e. The molecule has 0 bridgehead atoms. The first-order chi connectivity index (χ1) is 8.14. The second-order valence-electron chi connectivity index (χ2n) is 4.97. The maximum absolute atomic E-state index is 11.4. The molecule has 94 valence electrons. The molecule has 0 amide bonds. The van der Waals surface area contributed by atoms with Gasteiger partial charge in [0.1, 0.15) is 5.82 Å². The van der Waals surface area contributed by atoms with E-state index < -0.39 is 9.84 Å². The fourth-order valence-corrected chi connectivity index (χ4v) is 4.46. The molecule has 0 aromatic carbocycles. The van der Waals surface area contributed by atoms with E-state index >= 15 is 0 Å². The highest BCUT2D eigenvalue weighted by molar-refractivity contribution is 7.91. The van der Waals surface area contributed by atoms with Crippen molar-refractivity contribution >= 4 is 9.84 Å². The van der Waals surface area contributed by atoms with Gasteiger partial charge in [0, 0.05) is 17.8 Å². The van der Waals surface area contributed by atoms with E-state index in [9.17, 15) is 8.42 Å². The number of hydrogen-bond donors (Lipinski definition) is 2. The second kappa shape index (κ2) is 4.10. The van der Waals surface area contributed by atoms with Crippen molar-refractivity contribution in [3.8, 4) is 0 Å². The molecule has 1 aromatic heterocycles. The van der Waals surface area contributed by atoms with Gasteiger partial charge in [-0.1, -0.05) is 0 Å². The minimum Gasteiger partial charge on any atom is -0.344 e. The topological polar surface area (TPSA) is 74.8 Å². The predicted octanol–water partition coefficient (Wildman–Crippen LogP) is 0.736. The third-order valence-electron chi connectivity index (χ3n) is 3.68. The van der Waals surface area contributed by atoms with Gasteiger partial charge in [-0.05, 0) is 25.8 Å². The Balaban J connectivity index is 1.76. The number of sulfone groups is 1. The number of H-pyrrole nitrogens is 1. The Kier molecular flexibility index (Phi) is 2.71. The molecule has 2 saturated heterocycles. The summed E-state index contributed by atoms with van der Waals surface area (Å²) >= 11 is 0. The van der Waals surface area contributed by atoms with Crippen molar-refractivity contribution in [3.63, 3.8) is 0 Å². The first-order valence-electron chi connectivity index (χ1n) is 6.13. The summed E-state index contributed by atoms with van der Waals surface area (Å²) in [6, 6.07) is 0.321. The molecule has 6 heteroatoms. The second-order valence-corrected chi connectivity index (χ2v) is 7.20. The van der Waals surface area contributed by atoms with Crippen molar-refractivity contribution < 1.29 is 8.42 Å². The van der Waals surface area contributed by atoms with Crippen LogP contribution in [0.4, 0.5) is 0 Å². The third kappa shape index (κ3) is 2.24. The summed E-state index contributed by atoms with van der Waals surface area (Å²) in [6.07, 6.45) is 4.82. The summed E-state index contributed by atoms with van der Waals surface area (Å²) in [7, 11) is -2.82. The molecule has 2 atom stereocenters. The summed E-state index contributed by atoms with van der Waals surface area (Å²) in [5.41, 5.74) is 0.981. The first-order valence-corrected chi connectivity index (χ1v) is 7.95. The van der Waals surface area contributed by atoms with Gasteiger partial charge >= 0.3 is 0 Å². The SMILES string of the molecule is O=S1(=O)CCC(c2cnc(C3CCCN3)[nH]2)C1. The zero-order valence-electron chi connectivity index (χ0n) is 9.65. The van der Waals surface area contributed by atoms with Crippen LogP contribution in [0.5, 0.6) is 0 Å². The number of aromatic amines is 1. The molecule has 0 aliphatic carbocycles. The van der Waals surface area contributed by atoms with Gasteiger partial charge in [0.05, 0.1) is 17.5 Å². The van der Waals surface area contributed by atoms with Gasteiger partial charge in [0.15, 0.2) is 9.84 Å². The zero-order chi connectivity index (χ0) is 11.9. The third-order valence-corrected chi connectivity index (χ3v) is 5.45. The summed E-state index contributed by atoms with van der Waals surface area (Å²) in [6.45, 7) is 1.04. The Morgan fingerprint density at radius 3 is 2.88 bits per heavy atom. The van der Waals surface area contributed by atoms with E-state index in [1.165, 1.54) is 6.42 Å². The molecule has 0 saturated carbocycles. The van der Waals surface area contributed by atoms with E-state index in [-0.39, 0.29) is 11.7 Å². The summed E-state index contributed by atoms with van der Waals surface area (Å²) in [5, 5.41) is 3.38. The number of hydrogen-bond acceptors (Lipinski definition) is 4. The Morgan fingerprint density at radius 2 is 2.24 bits per heavy atom. The van der Waals surface area contributed by atoms with Crippen LogP contribution in [0.3, 0.4) is 0 Å². The van der Waals surface area contributed by atoms with Crippen LogP contribution in [0.15, 0.2) is 6.20 Å². The highest BCUT2D eigenvalue weighted by Crippen LogP contribution is 2.29. The molecular weight excluding hydrogens is 238 g/mol. The molecule has 3 rings (SSSR count). The molecular formula is C11H17N3O2S. The van der Waals surface area contributed by atoms with Crippen LogP contribution in [-0.2, 0) is 9.84 Å². The van der Waals surface area contributed by atoms with Gasteiger partial charge in [-0.3, -0.25) is 0 Å². The molecule has 0 spiro atoms. The lowest BCUT2D eigenvalue weighted by Crippen LogP contribution is -2.14. The van der Waals surface area contributed by atoms with E-state index in [0.29, 0.717) is 11.8 Å². The van der Waals surface area contributed by atoms with Gasteiger partial charge in [-0.2, -0.15) is 0 Å². The van der Waals surface area contributed by atoms with E-state index in [2.05, 4.69) is 15.3 Å². The minimum atomic E-state index is -2.82. The Bertz CT molecular complexity index is 503. The van der Waals surface area contributed by atoms with E-state index in [4.69, 9.17) is 0 Å². The maximum atomic E-state index is 11.4. The fraction of sp³-hybridized carbons (Fsp3) is 0.727. The standard InChI is InChI=1S/C11H17N3O2S/c15-17(16)5-3-8(7-17)10-6-13-11(14-10)9-2-1-4-12-9/h6,8-9,12H,1-5,7H2,(H,13,14). The van der Waals surface area contributed by atoms with E-state index in [1.807, 2.05) is 0 Å². The minimum absolute atomic E-state index is 0.114. The molecule has 2 aliphatic rings. The van der Waals surface area contributed by atoms with Crippen molar-refractivity contribution in [2.24, 2.45) is 0 Å². The molecule has 1 aromatic rings. The van der Waals surface area contributed by atoms with Crippen LogP contribution in [0.25, 0.3) is 0 Å². The van der Waals surface area contributed by atoms with Crippen molar-refractivity contribution in [2.45, 2.75) is 31.2 Å². The quantitative estimate of drug-likeness (QED) is 0.817. The van der Waals surface area contributed by atoms with E-state index in [1.54, 1.807) is 6.20 Å². The normalized spacial score (nSPS) is 32.0. The Morgan fingerprint density at radius 1 is 1.35 bits per heavy atom. The average Bonchev–Trinajstić information content (AvgIpc) is 2.93. The molecule has 2 N–H and O–H groups in total. The Labute approximate surface area is 101 Å². The van der Waals surface area contributed by atoms with Crippen LogP contribution in [0.2, 0.25) is 0 Å². The van der Waals surface area contributed by atoms with Crippen molar-refractivity contribution in [1.29, 1.82) is 0 Å². The average molecular weight is 255 g/mol. The summed E-state index contributed by atoms with van der Waals surface area (Å²) in [5.74, 6) is 1.66. The highest BCUT2D eigenvalue weighted by atomic mass is 32.2.